The quantitative estimate of drug-likeness (QED) is 0.701. The summed E-state index contributed by atoms with van der Waals surface area (Å²) in [5.74, 6) is 0. The van der Waals surface area contributed by atoms with Gasteiger partial charge in [0.25, 0.3) is 0 Å². The Kier molecular flexibility index (Phi) is 3.60. The summed E-state index contributed by atoms with van der Waals surface area (Å²) in [5, 5.41) is 12.6. The Morgan fingerprint density at radius 3 is 2.33 bits per heavy atom. The van der Waals surface area contributed by atoms with Crippen LogP contribution < -0.4 is 5.32 Å². The van der Waals surface area contributed by atoms with Gasteiger partial charge in [-0.2, -0.15) is 0 Å². The number of nitrogens with one attached hydrogen (secondary N) is 1. The summed E-state index contributed by atoms with van der Waals surface area (Å²) in [6, 6.07) is 0.621. The Morgan fingerprint density at radius 1 is 1.40 bits per heavy atom. The van der Waals surface area contributed by atoms with Gasteiger partial charge in [-0.3, -0.25) is 4.90 Å². The van der Waals surface area contributed by atoms with Crippen molar-refractivity contribution in [3.05, 3.63) is 0 Å². The number of piperidine rings is 1. The molecular weight excluding hydrogens is 192 g/mol. The molecule has 88 valence electrons. The van der Waals surface area contributed by atoms with Crippen LogP contribution in [0.3, 0.4) is 0 Å². The van der Waals surface area contributed by atoms with Crippen molar-refractivity contribution in [1.29, 1.82) is 0 Å². The molecule has 1 heterocycles. The second kappa shape index (κ2) is 4.39. The number of carbonyl (C=O) groups is 1. The molecule has 15 heavy (non-hydrogen) atoms. The number of nitrogens with zero attached hydrogens (tertiary/aromatic N) is 1. The first-order valence-corrected chi connectivity index (χ1v) is 5.58. The molecular formula is C11H22N2O2. The van der Waals surface area contributed by atoms with Crippen molar-refractivity contribution in [3.8, 4) is 0 Å². The molecule has 0 aromatic carbocycles. The summed E-state index contributed by atoms with van der Waals surface area (Å²) in [7, 11) is 0. The lowest BCUT2D eigenvalue weighted by Crippen LogP contribution is -2.57. The summed E-state index contributed by atoms with van der Waals surface area (Å²) in [4.78, 5) is 12.8. The van der Waals surface area contributed by atoms with E-state index < -0.39 is 6.09 Å². The zero-order chi connectivity index (χ0) is 11.6. The minimum atomic E-state index is -0.816. The summed E-state index contributed by atoms with van der Waals surface area (Å²) in [6.45, 7) is 8.74. The van der Waals surface area contributed by atoms with E-state index in [1.807, 2.05) is 20.8 Å². The predicted octanol–water partition coefficient (Wildman–Crippen LogP) is 1.91. The third-order valence-corrected chi connectivity index (χ3v) is 2.93. The van der Waals surface area contributed by atoms with Crippen molar-refractivity contribution < 1.29 is 9.90 Å². The van der Waals surface area contributed by atoms with E-state index in [2.05, 4.69) is 12.2 Å². The topological polar surface area (TPSA) is 52.6 Å². The standard InChI is InChI=1S/C11H22N2O2/c1-8-5-6-9(7-12-8)13(10(14)15)11(2,3)4/h8-9,12H,5-7H2,1-4H3,(H,14,15)/t8-,9+/m0/s1. The molecule has 1 amide bonds. The first-order valence-electron chi connectivity index (χ1n) is 5.58. The van der Waals surface area contributed by atoms with Gasteiger partial charge in [0.05, 0.1) is 0 Å². The molecule has 0 unspecified atom stereocenters. The fourth-order valence-corrected chi connectivity index (χ4v) is 2.19. The monoisotopic (exact) mass is 214 g/mol. The largest absolute Gasteiger partial charge is 0.465 e. The average Bonchev–Trinajstić information content (AvgIpc) is 2.05. The highest BCUT2D eigenvalue weighted by atomic mass is 16.4. The first kappa shape index (κ1) is 12.3. The fraction of sp³-hybridized carbons (Fsp3) is 0.909. The number of hydrogen-bond donors (Lipinski definition) is 2. The minimum absolute atomic E-state index is 0.110. The Morgan fingerprint density at radius 2 is 2.00 bits per heavy atom. The molecule has 1 rings (SSSR count). The summed E-state index contributed by atoms with van der Waals surface area (Å²) >= 11 is 0. The lowest BCUT2D eigenvalue weighted by Gasteiger charge is -2.42. The van der Waals surface area contributed by atoms with Crippen molar-refractivity contribution in [1.82, 2.24) is 10.2 Å². The van der Waals surface area contributed by atoms with Gasteiger partial charge < -0.3 is 10.4 Å². The Labute approximate surface area is 91.6 Å². The second-order valence-electron chi connectivity index (χ2n) is 5.36. The van der Waals surface area contributed by atoms with Crippen LogP contribution >= 0.6 is 0 Å². The zero-order valence-electron chi connectivity index (χ0n) is 10.1. The number of carboxylic acid groups (broad SMARTS) is 1. The van der Waals surface area contributed by atoms with Crippen LogP contribution in [-0.2, 0) is 0 Å². The molecule has 0 aromatic rings. The number of amides is 1. The summed E-state index contributed by atoms with van der Waals surface area (Å²) < 4.78 is 0. The highest BCUT2D eigenvalue weighted by Crippen LogP contribution is 2.22. The van der Waals surface area contributed by atoms with E-state index in [0.717, 1.165) is 19.4 Å². The van der Waals surface area contributed by atoms with E-state index >= 15 is 0 Å². The molecule has 1 aliphatic heterocycles. The highest BCUT2D eigenvalue weighted by Gasteiger charge is 2.34. The second-order valence-corrected chi connectivity index (χ2v) is 5.36. The Hall–Kier alpha value is -0.770. The molecule has 2 N–H and O–H groups in total. The van der Waals surface area contributed by atoms with Crippen molar-refractivity contribution in [3.63, 3.8) is 0 Å². The molecule has 0 saturated carbocycles. The molecule has 1 saturated heterocycles. The normalized spacial score (nSPS) is 27.5. The first-order chi connectivity index (χ1) is 6.82. The lowest BCUT2D eigenvalue weighted by molar-refractivity contribution is 0.0577. The predicted molar refractivity (Wildman–Crippen MR) is 60.1 cm³/mol. The molecule has 4 heteroatoms. The van der Waals surface area contributed by atoms with Crippen LogP contribution in [0.4, 0.5) is 4.79 Å². The van der Waals surface area contributed by atoms with Crippen LogP contribution in [0.25, 0.3) is 0 Å². The van der Waals surface area contributed by atoms with E-state index in [1.165, 1.54) is 0 Å². The van der Waals surface area contributed by atoms with Crippen molar-refractivity contribution in [2.75, 3.05) is 6.54 Å². The van der Waals surface area contributed by atoms with Gasteiger partial charge in [0.15, 0.2) is 0 Å². The SMILES string of the molecule is C[C@H]1CC[C@@H](N(C(=O)O)C(C)(C)C)CN1. The Balaban J connectivity index is 2.69. The Bertz CT molecular complexity index is 227. The molecule has 0 spiro atoms. The zero-order valence-corrected chi connectivity index (χ0v) is 10.1. The molecule has 0 aromatic heterocycles. The average molecular weight is 214 g/mol. The number of rotatable bonds is 1. The van der Waals surface area contributed by atoms with Gasteiger partial charge in [-0.15, -0.1) is 0 Å². The van der Waals surface area contributed by atoms with Crippen LogP contribution in [0.15, 0.2) is 0 Å². The molecule has 0 bridgehead atoms. The van der Waals surface area contributed by atoms with Gasteiger partial charge in [0, 0.05) is 24.2 Å². The van der Waals surface area contributed by atoms with Crippen molar-refractivity contribution in [2.24, 2.45) is 0 Å². The maximum absolute atomic E-state index is 11.2. The summed E-state index contributed by atoms with van der Waals surface area (Å²) in [6.07, 6.45) is 1.19. The minimum Gasteiger partial charge on any atom is -0.465 e. The third-order valence-electron chi connectivity index (χ3n) is 2.93. The fourth-order valence-electron chi connectivity index (χ4n) is 2.19. The molecule has 1 fully saturated rings. The summed E-state index contributed by atoms with van der Waals surface area (Å²) in [5.41, 5.74) is -0.321. The van der Waals surface area contributed by atoms with Gasteiger partial charge >= 0.3 is 6.09 Å². The highest BCUT2D eigenvalue weighted by molar-refractivity contribution is 5.66. The molecule has 4 nitrogen and oxygen atoms in total. The van der Waals surface area contributed by atoms with E-state index in [0.29, 0.717) is 6.04 Å². The molecule has 1 aliphatic rings. The van der Waals surface area contributed by atoms with E-state index in [1.54, 1.807) is 4.90 Å². The van der Waals surface area contributed by atoms with E-state index in [9.17, 15) is 9.90 Å². The van der Waals surface area contributed by atoms with Crippen LogP contribution in [0, 0.1) is 0 Å². The van der Waals surface area contributed by atoms with Crippen molar-refractivity contribution in [2.45, 2.75) is 58.2 Å². The van der Waals surface area contributed by atoms with Gasteiger partial charge in [-0.05, 0) is 40.5 Å². The maximum atomic E-state index is 11.2. The smallest absolute Gasteiger partial charge is 0.408 e. The lowest BCUT2D eigenvalue weighted by atomic mass is 9.96. The van der Waals surface area contributed by atoms with Crippen LogP contribution in [0.5, 0.6) is 0 Å². The van der Waals surface area contributed by atoms with Gasteiger partial charge in [0.2, 0.25) is 0 Å². The number of hydrogen-bond acceptors (Lipinski definition) is 2. The molecule has 0 radical (unpaired) electrons. The van der Waals surface area contributed by atoms with Crippen LogP contribution in [0.1, 0.15) is 40.5 Å². The van der Waals surface area contributed by atoms with Gasteiger partial charge in [-0.1, -0.05) is 0 Å². The van der Waals surface area contributed by atoms with Crippen LogP contribution in [0.2, 0.25) is 0 Å². The third kappa shape index (κ3) is 3.09. The molecule has 0 aliphatic carbocycles. The molecule has 2 atom stereocenters. The maximum Gasteiger partial charge on any atom is 0.408 e. The van der Waals surface area contributed by atoms with E-state index in [-0.39, 0.29) is 11.6 Å². The van der Waals surface area contributed by atoms with Crippen molar-refractivity contribution >= 4 is 6.09 Å². The van der Waals surface area contributed by atoms with Crippen LogP contribution in [-0.4, -0.2) is 40.3 Å². The van der Waals surface area contributed by atoms with E-state index in [4.69, 9.17) is 0 Å². The van der Waals surface area contributed by atoms with Gasteiger partial charge in [-0.25, -0.2) is 4.79 Å². The van der Waals surface area contributed by atoms with Gasteiger partial charge in [0.1, 0.15) is 0 Å².